The number of rotatable bonds is 4. The SMILES string of the molecule is COc1ccc(-n2nnnc2C(F)(F)F)cc1C1=CC2(CCCN(c3cccnc3)C2)OC1. The molecule has 2 aliphatic heterocycles. The molecule has 0 amide bonds. The van der Waals surface area contributed by atoms with Gasteiger partial charge >= 0.3 is 6.18 Å². The molecule has 0 N–H and O–H groups in total. The van der Waals surface area contributed by atoms with E-state index in [2.05, 4.69) is 31.5 Å². The van der Waals surface area contributed by atoms with Gasteiger partial charge in [-0.15, -0.1) is 5.10 Å². The first-order valence-electron chi connectivity index (χ1n) is 10.4. The molecule has 0 saturated carbocycles. The average Bonchev–Trinajstić information content (AvgIpc) is 3.47. The zero-order valence-corrected chi connectivity index (χ0v) is 17.8. The van der Waals surface area contributed by atoms with E-state index in [0.717, 1.165) is 30.6 Å². The molecule has 172 valence electrons. The third kappa shape index (κ3) is 4.04. The molecule has 8 nitrogen and oxygen atoms in total. The Morgan fingerprint density at radius 1 is 1.18 bits per heavy atom. The van der Waals surface area contributed by atoms with Gasteiger partial charge in [0.15, 0.2) is 0 Å². The Kier molecular flexibility index (Phi) is 5.28. The van der Waals surface area contributed by atoms with Gasteiger partial charge in [-0.2, -0.15) is 17.9 Å². The highest BCUT2D eigenvalue weighted by Gasteiger charge is 2.40. The van der Waals surface area contributed by atoms with Gasteiger partial charge < -0.3 is 14.4 Å². The van der Waals surface area contributed by atoms with Crippen molar-refractivity contribution in [2.24, 2.45) is 0 Å². The third-order valence-corrected chi connectivity index (χ3v) is 5.95. The standard InChI is InChI=1S/C22H21F3N6O2/c1-32-19-6-5-16(31-20(22(23,24)25)27-28-29-31)10-18(19)15-11-21(33-13-15)7-3-9-30(14-21)17-4-2-8-26-12-17/h2,4-6,8,10-12H,3,7,9,13-14H2,1H3. The van der Waals surface area contributed by atoms with E-state index in [0.29, 0.717) is 29.1 Å². The molecule has 1 fully saturated rings. The number of piperidine rings is 1. The van der Waals surface area contributed by atoms with Crippen molar-refractivity contribution in [3.05, 3.63) is 60.2 Å². The summed E-state index contributed by atoms with van der Waals surface area (Å²) in [6, 6.07) is 8.62. The van der Waals surface area contributed by atoms with Crippen LogP contribution in [0.15, 0.2) is 48.8 Å². The number of pyridine rings is 1. The third-order valence-electron chi connectivity index (χ3n) is 5.95. The van der Waals surface area contributed by atoms with E-state index in [1.54, 1.807) is 18.3 Å². The van der Waals surface area contributed by atoms with Crippen molar-refractivity contribution in [2.45, 2.75) is 24.6 Å². The van der Waals surface area contributed by atoms with E-state index in [1.807, 2.05) is 18.3 Å². The summed E-state index contributed by atoms with van der Waals surface area (Å²) in [4.78, 5) is 6.44. The van der Waals surface area contributed by atoms with Crippen LogP contribution >= 0.6 is 0 Å². The van der Waals surface area contributed by atoms with Gasteiger partial charge in [-0.1, -0.05) is 0 Å². The Bertz CT molecular complexity index is 1180. The molecule has 0 radical (unpaired) electrons. The minimum absolute atomic E-state index is 0.186. The number of ether oxygens (including phenoxy) is 2. The van der Waals surface area contributed by atoms with Crippen molar-refractivity contribution in [3.8, 4) is 11.4 Å². The first kappa shape index (κ1) is 21.4. The topological polar surface area (TPSA) is 78.2 Å². The van der Waals surface area contributed by atoms with E-state index in [4.69, 9.17) is 9.47 Å². The van der Waals surface area contributed by atoms with Crippen LogP contribution in [0.2, 0.25) is 0 Å². The first-order chi connectivity index (χ1) is 15.9. The van der Waals surface area contributed by atoms with Crippen LogP contribution in [0.4, 0.5) is 18.9 Å². The quantitative estimate of drug-likeness (QED) is 0.592. The van der Waals surface area contributed by atoms with Crippen LogP contribution < -0.4 is 9.64 Å². The fraction of sp³-hybridized carbons (Fsp3) is 0.364. The number of hydrogen-bond donors (Lipinski definition) is 0. The lowest BCUT2D eigenvalue weighted by atomic mass is 9.90. The monoisotopic (exact) mass is 458 g/mol. The zero-order chi connectivity index (χ0) is 23.1. The maximum Gasteiger partial charge on any atom is 0.453 e. The Balaban J connectivity index is 1.49. The smallest absolute Gasteiger partial charge is 0.453 e. The minimum atomic E-state index is -4.68. The van der Waals surface area contributed by atoms with E-state index >= 15 is 0 Å². The largest absolute Gasteiger partial charge is 0.496 e. The zero-order valence-electron chi connectivity index (χ0n) is 17.8. The molecular formula is C22H21F3N6O2. The molecule has 2 aliphatic rings. The van der Waals surface area contributed by atoms with Crippen molar-refractivity contribution in [3.63, 3.8) is 0 Å². The van der Waals surface area contributed by atoms with Gasteiger partial charge in [0, 0.05) is 18.3 Å². The maximum atomic E-state index is 13.3. The summed E-state index contributed by atoms with van der Waals surface area (Å²) in [5.74, 6) is -0.654. The minimum Gasteiger partial charge on any atom is -0.496 e. The molecule has 11 heteroatoms. The molecule has 33 heavy (non-hydrogen) atoms. The Labute approximate surface area is 187 Å². The Morgan fingerprint density at radius 2 is 2.06 bits per heavy atom. The van der Waals surface area contributed by atoms with Crippen LogP contribution in [0.25, 0.3) is 11.3 Å². The number of anilines is 1. The second kappa shape index (κ2) is 8.14. The van der Waals surface area contributed by atoms with Gasteiger partial charge in [0.2, 0.25) is 0 Å². The lowest BCUT2D eigenvalue weighted by Crippen LogP contribution is -2.47. The second-order valence-corrected chi connectivity index (χ2v) is 8.06. The lowest BCUT2D eigenvalue weighted by molar-refractivity contribution is -0.146. The van der Waals surface area contributed by atoms with Gasteiger partial charge in [0.1, 0.15) is 11.4 Å². The predicted octanol–water partition coefficient (Wildman–Crippen LogP) is 3.54. The summed E-state index contributed by atoms with van der Waals surface area (Å²) in [5.41, 5.74) is 2.22. The van der Waals surface area contributed by atoms with Crippen molar-refractivity contribution in [2.75, 3.05) is 31.7 Å². The highest BCUT2D eigenvalue weighted by molar-refractivity contribution is 5.75. The molecule has 1 atom stereocenters. The van der Waals surface area contributed by atoms with Crippen LogP contribution in [0, 0.1) is 0 Å². The van der Waals surface area contributed by atoms with Crippen molar-refractivity contribution >= 4 is 11.3 Å². The summed E-state index contributed by atoms with van der Waals surface area (Å²) in [6.07, 6.45) is 2.75. The Hall–Kier alpha value is -3.47. The van der Waals surface area contributed by atoms with Gasteiger partial charge in [-0.25, -0.2) is 0 Å². The summed E-state index contributed by atoms with van der Waals surface area (Å²) >= 11 is 0. The molecule has 0 bridgehead atoms. The van der Waals surface area contributed by atoms with Gasteiger partial charge in [0.05, 0.1) is 37.8 Å². The summed E-state index contributed by atoms with van der Waals surface area (Å²) in [6.45, 7) is 1.89. The number of benzene rings is 1. The normalized spacial score (nSPS) is 20.8. The van der Waals surface area contributed by atoms with Gasteiger partial charge in [-0.05, 0) is 65.2 Å². The van der Waals surface area contributed by atoms with Crippen molar-refractivity contribution in [1.82, 2.24) is 25.2 Å². The lowest BCUT2D eigenvalue weighted by Gasteiger charge is -2.39. The molecule has 2 aromatic heterocycles. The number of hydrogen-bond acceptors (Lipinski definition) is 7. The van der Waals surface area contributed by atoms with Gasteiger partial charge in [0.25, 0.3) is 5.82 Å². The van der Waals surface area contributed by atoms with Crippen molar-refractivity contribution in [1.29, 1.82) is 0 Å². The van der Waals surface area contributed by atoms with Crippen LogP contribution in [0.5, 0.6) is 5.75 Å². The Morgan fingerprint density at radius 3 is 2.82 bits per heavy atom. The first-order valence-corrected chi connectivity index (χ1v) is 10.4. The second-order valence-electron chi connectivity index (χ2n) is 8.06. The fourth-order valence-corrected chi connectivity index (χ4v) is 4.44. The van der Waals surface area contributed by atoms with E-state index in [9.17, 15) is 13.2 Å². The number of alkyl halides is 3. The number of nitrogens with zero attached hydrogens (tertiary/aromatic N) is 6. The number of methoxy groups -OCH3 is 1. The molecule has 1 saturated heterocycles. The fourth-order valence-electron chi connectivity index (χ4n) is 4.44. The molecule has 0 aliphatic carbocycles. The molecule has 5 rings (SSSR count). The molecule has 1 spiro atoms. The predicted molar refractivity (Wildman–Crippen MR) is 113 cm³/mol. The molecule has 1 unspecified atom stereocenters. The maximum absolute atomic E-state index is 13.3. The van der Waals surface area contributed by atoms with Crippen LogP contribution in [0.1, 0.15) is 24.2 Å². The van der Waals surface area contributed by atoms with Gasteiger partial charge in [-0.3, -0.25) is 4.98 Å². The number of aromatic nitrogens is 5. The summed E-state index contributed by atoms with van der Waals surface area (Å²) < 4.78 is 52.4. The van der Waals surface area contributed by atoms with Crippen molar-refractivity contribution < 1.29 is 22.6 Å². The van der Waals surface area contributed by atoms with E-state index in [1.165, 1.54) is 13.2 Å². The molecule has 4 heterocycles. The summed E-state index contributed by atoms with van der Waals surface area (Å²) in [7, 11) is 1.52. The van der Waals surface area contributed by atoms with Crippen LogP contribution in [0.3, 0.4) is 0 Å². The highest BCUT2D eigenvalue weighted by atomic mass is 19.4. The van der Waals surface area contributed by atoms with Crippen LogP contribution in [-0.4, -0.2) is 57.6 Å². The average molecular weight is 458 g/mol. The van der Waals surface area contributed by atoms with Crippen LogP contribution in [-0.2, 0) is 10.9 Å². The molecule has 1 aromatic carbocycles. The van der Waals surface area contributed by atoms with E-state index in [-0.39, 0.29) is 5.69 Å². The summed E-state index contributed by atoms with van der Waals surface area (Å²) in [5, 5.41) is 9.87. The number of halogens is 3. The molecule has 3 aromatic rings. The van der Waals surface area contributed by atoms with E-state index < -0.39 is 17.6 Å². The number of tetrazole rings is 1. The molecular weight excluding hydrogens is 437 g/mol. The highest BCUT2D eigenvalue weighted by Crippen LogP contribution is 2.40.